The van der Waals surface area contributed by atoms with Crippen LogP contribution in [0.4, 0.5) is 0 Å². The molecule has 0 unspecified atom stereocenters. The van der Waals surface area contributed by atoms with E-state index in [0.717, 1.165) is 0 Å². The quantitative estimate of drug-likeness (QED) is 0.134. The number of aliphatic hydroxyl groups is 9. The number of cyclic esters (lactones) is 1. The van der Waals surface area contributed by atoms with Gasteiger partial charge >= 0.3 is 5.97 Å². The SMILES string of the molecule is C[C@H]1[C@H](O)C\C=C/C=C\C=C/C=C\C=C/C=C\C(=O)OC[C@H](C)/C=C\[C@H](O)C[C@H](O)C[C@H](O)C[C@H](O)C[C@H](O)C[C@H](O)C[C@H](O)C[C@@H]1O. The molecule has 0 aromatic heterocycles. The summed E-state index contributed by atoms with van der Waals surface area (Å²) < 4.78 is 5.20. The summed E-state index contributed by atoms with van der Waals surface area (Å²) in [4.78, 5) is 11.9. The zero-order valence-electron chi connectivity index (χ0n) is 28.1. The van der Waals surface area contributed by atoms with Crippen LogP contribution in [0.5, 0.6) is 0 Å². The molecule has 48 heavy (non-hydrogen) atoms. The number of ether oxygens (including phenoxy) is 1. The number of hydrogen-bond acceptors (Lipinski definition) is 11. The Bertz CT molecular complexity index is 1080. The summed E-state index contributed by atoms with van der Waals surface area (Å²) in [7, 11) is 0. The van der Waals surface area contributed by atoms with Gasteiger partial charge in [-0.15, -0.1) is 0 Å². The van der Waals surface area contributed by atoms with Gasteiger partial charge < -0.3 is 50.7 Å². The van der Waals surface area contributed by atoms with Crippen molar-refractivity contribution in [1.29, 1.82) is 0 Å². The minimum Gasteiger partial charge on any atom is -0.462 e. The summed E-state index contributed by atoms with van der Waals surface area (Å²) in [5.74, 6) is -1.26. The molecular weight excluding hydrogens is 620 g/mol. The Hall–Kier alpha value is -2.71. The summed E-state index contributed by atoms with van der Waals surface area (Å²) >= 11 is 0. The maximum absolute atomic E-state index is 11.9. The molecule has 1 aliphatic rings. The van der Waals surface area contributed by atoms with Gasteiger partial charge in [0.1, 0.15) is 0 Å². The monoisotopic (exact) mass is 678 g/mol. The van der Waals surface area contributed by atoms with Crippen molar-refractivity contribution in [2.45, 2.75) is 120 Å². The first-order valence-electron chi connectivity index (χ1n) is 16.7. The fraction of sp³-hybridized carbons (Fsp3) is 0.595. The van der Waals surface area contributed by atoms with E-state index in [9.17, 15) is 50.8 Å². The van der Waals surface area contributed by atoms with Crippen LogP contribution in [-0.2, 0) is 9.53 Å². The molecule has 0 spiro atoms. The van der Waals surface area contributed by atoms with Crippen molar-refractivity contribution in [2.24, 2.45) is 11.8 Å². The maximum atomic E-state index is 11.9. The van der Waals surface area contributed by atoms with Gasteiger partial charge in [-0.2, -0.15) is 0 Å². The van der Waals surface area contributed by atoms with Crippen molar-refractivity contribution in [2.75, 3.05) is 6.61 Å². The van der Waals surface area contributed by atoms with Crippen molar-refractivity contribution in [3.05, 3.63) is 85.1 Å². The van der Waals surface area contributed by atoms with Crippen molar-refractivity contribution in [3.8, 4) is 0 Å². The molecule has 1 heterocycles. The molecule has 0 bridgehead atoms. The van der Waals surface area contributed by atoms with Gasteiger partial charge in [0.05, 0.1) is 61.5 Å². The van der Waals surface area contributed by atoms with Crippen molar-refractivity contribution < 1.29 is 55.5 Å². The average Bonchev–Trinajstić information content (AvgIpc) is 2.99. The summed E-state index contributed by atoms with van der Waals surface area (Å²) in [6.45, 7) is 3.56. The summed E-state index contributed by atoms with van der Waals surface area (Å²) in [6, 6.07) is 0. The van der Waals surface area contributed by atoms with Crippen LogP contribution in [0, 0.1) is 11.8 Å². The molecule has 0 saturated carbocycles. The fourth-order valence-corrected chi connectivity index (χ4v) is 5.05. The summed E-state index contributed by atoms with van der Waals surface area (Å²) in [5.41, 5.74) is 0. The topological polar surface area (TPSA) is 208 Å². The van der Waals surface area contributed by atoms with Gasteiger partial charge in [-0.05, 0) is 44.9 Å². The predicted molar refractivity (Wildman–Crippen MR) is 184 cm³/mol. The van der Waals surface area contributed by atoms with Crippen LogP contribution in [-0.4, -0.2) is 113 Å². The normalized spacial score (nSPS) is 40.4. The molecular formula is C37H58O11. The number of rotatable bonds is 0. The molecule has 11 nitrogen and oxygen atoms in total. The third kappa shape index (κ3) is 22.0. The van der Waals surface area contributed by atoms with Crippen LogP contribution in [0.25, 0.3) is 0 Å². The Morgan fingerprint density at radius 3 is 1.44 bits per heavy atom. The Balaban J connectivity index is 2.84. The van der Waals surface area contributed by atoms with E-state index in [1.165, 1.54) is 12.2 Å². The number of carbonyl (C=O) groups is 1. The molecule has 9 N–H and O–H groups in total. The van der Waals surface area contributed by atoms with E-state index < -0.39 is 66.8 Å². The number of hydrogen-bond donors (Lipinski definition) is 9. The molecule has 0 amide bonds. The van der Waals surface area contributed by atoms with Crippen LogP contribution in [0.3, 0.4) is 0 Å². The van der Waals surface area contributed by atoms with E-state index in [4.69, 9.17) is 4.74 Å². The highest BCUT2D eigenvalue weighted by molar-refractivity contribution is 5.82. The standard InChI is InChI=1S/C37H58O11/c1-26-16-17-28(38)18-29(39)19-30(40)20-31(41)21-32(42)22-33(43)23-34(44)24-36(46)27(2)35(45)14-12-10-8-6-4-3-5-7-9-11-13-15-37(47)48-25-26/h3-13,15-17,26-36,38-46H,14,18-25H2,1-2H3/b4-3-,7-5-,8-6-,11-9-,12-10-,15-13-,17-16-/t26-,27+,28+,29+,30+,31+,32+,33+,34+,35-,36+/m1/s1. The highest BCUT2D eigenvalue weighted by atomic mass is 16.5. The van der Waals surface area contributed by atoms with Gasteiger partial charge in [0.2, 0.25) is 0 Å². The lowest BCUT2D eigenvalue weighted by atomic mass is 9.90. The van der Waals surface area contributed by atoms with Crippen LogP contribution in [0.1, 0.15) is 65.2 Å². The second kappa shape index (κ2) is 25.3. The molecule has 11 heteroatoms. The Kier molecular flexibility index (Phi) is 22.8. The molecule has 0 fully saturated rings. The van der Waals surface area contributed by atoms with Gasteiger partial charge in [-0.3, -0.25) is 0 Å². The van der Waals surface area contributed by atoms with E-state index in [-0.39, 0.29) is 63.9 Å². The largest absolute Gasteiger partial charge is 0.462 e. The first-order valence-corrected chi connectivity index (χ1v) is 16.7. The maximum Gasteiger partial charge on any atom is 0.330 e. The number of aliphatic hydroxyl groups excluding tert-OH is 9. The third-order valence-electron chi connectivity index (χ3n) is 7.86. The first kappa shape index (κ1) is 43.3. The van der Waals surface area contributed by atoms with Gasteiger partial charge in [0, 0.05) is 24.3 Å². The van der Waals surface area contributed by atoms with Crippen LogP contribution < -0.4 is 0 Å². The second-order valence-corrected chi connectivity index (χ2v) is 12.7. The predicted octanol–water partition coefficient (Wildman–Crippen LogP) is 2.08. The molecule has 0 aliphatic carbocycles. The molecule has 272 valence electrons. The van der Waals surface area contributed by atoms with E-state index in [0.29, 0.717) is 0 Å². The summed E-state index contributed by atoms with van der Waals surface area (Å²) in [6.07, 6.45) is 13.7. The third-order valence-corrected chi connectivity index (χ3v) is 7.86. The van der Waals surface area contributed by atoms with E-state index >= 15 is 0 Å². The lowest BCUT2D eigenvalue weighted by Gasteiger charge is -2.26. The molecule has 0 saturated heterocycles. The van der Waals surface area contributed by atoms with Crippen molar-refractivity contribution in [3.63, 3.8) is 0 Å². The fourth-order valence-electron chi connectivity index (χ4n) is 5.05. The van der Waals surface area contributed by atoms with Crippen LogP contribution in [0.15, 0.2) is 85.1 Å². The Morgan fingerprint density at radius 2 is 0.938 bits per heavy atom. The van der Waals surface area contributed by atoms with E-state index in [2.05, 4.69) is 0 Å². The van der Waals surface area contributed by atoms with Gasteiger partial charge in [0.25, 0.3) is 0 Å². The number of carbonyl (C=O) groups excluding carboxylic acids is 1. The van der Waals surface area contributed by atoms with Crippen molar-refractivity contribution in [1.82, 2.24) is 0 Å². The molecule has 0 radical (unpaired) electrons. The van der Waals surface area contributed by atoms with Crippen LogP contribution >= 0.6 is 0 Å². The lowest BCUT2D eigenvalue weighted by Crippen LogP contribution is -2.34. The summed E-state index contributed by atoms with van der Waals surface area (Å²) in [5, 5.41) is 93.2. The average molecular weight is 679 g/mol. The minimum atomic E-state index is -1.13. The van der Waals surface area contributed by atoms with E-state index in [1.54, 1.807) is 62.5 Å². The highest BCUT2D eigenvalue weighted by Gasteiger charge is 2.26. The first-order chi connectivity index (χ1) is 22.8. The molecule has 0 aromatic rings. The lowest BCUT2D eigenvalue weighted by molar-refractivity contribution is -0.138. The Morgan fingerprint density at radius 1 is 0.521 bits per heavy atom. The zero-order valence-corrected chi connectivity index (χ0v) is 28.1. The van der Waals surface area contributed by atoms with E-state index in [1.807, 2.05) is 24.3 Å². The number of esters is 1. The Labute approximate surface area is 284 Å². The van der Waals surface area contributed by atoms with Gasteiger partial charge in [-0.1, -0.05) is 92.8 Å². The molecule has 1 rings (SSSR count). The zero-order chi connectivity index (χ0) is 35.9. The van der Waals surface area contributed by atoms with Gasteiger partial charge in [0.15, 0.2) is 0 Å². The number of allylic oxidation sites excluding steroid dienone is 10. The van der Waals surface area contributed by atoms with Crippen LogP contribution in [0.2, 0.25) is 0 Å². The highest BCUT2D eigenvalue weighted by Crippen LogP contribution is 2.20. The second-order valence-electron chi connectivity index (χ2n) is 12.7. The molecule has 11 atom stereocenters. The molecule has 1 aliphatic heterocycles. The molecule has 0 aromatic carbocycles. The van der Waals surface area contributed by atoms with Gasteiger partial charge in [-0.25, -0.2) is 4.79 Å². The minimum absolute atomic E-state index is 0.0627. The van der Waals surface area contributed by atoms with Crippen molar-refractivity contribution >= 4 is 5.97 Å². The smallest absolute Gasteiger partial charge is 0.330 e.